The zero-order chi connectivity index (χ0) is 17.9. The van der Waals surface area contributed by atoms with Crippen LogP contribution in [-0.2, 0) is 16.6 Å². The van der Waals surface area contributed by atoms with Crippen LogP contribution >= 0.6 is 0 Å². The third-order valence-electron chi connectivity index (χ3n) is 4.32. The summed E-state index contributed by atoms with van der Waals surface area (Å²) in [6.45, 7) is 2.92. The van der Waals surface area contributed by atoms with Crippen molar-refractivity contribution in [3.63, 3.8) is 0 Å². The molecule has 0 spiro atoms. The van der Waals surface area contributed by atoms with Gasteiger partial charge in [0.2, 0.25) is 10.0 Å². The Morgan fingerprint density at radius 1 is 1.12 bits per heavy atom. The first-order valence-corrected chi connectivity index (χ1v) is 10.0. The molecule has 0 atom stereocenters. The maximum Gasteiger partial charge on any atom is 0.251 e. The minimum absolute atomic E-state index is 0.164. The monoisotopic (exact) mass is 358 g/mol. The van der Waals surface area contributed by atoms with E-state index in [2.05, 4.69) is 5.32 Å². The van der Waals surface area contributed by atoms with Crippen LogP contribution in [0.25, 0.3) is 0 Å². The van der Waals surface area contributed by atoms with Gasteiger partial charge in [-0.3, -0.25) is 9.10 Å². The second-order valence-corrected chi connectivity index (χ2v) is 8.33. The van der Waals surface area contributed by atoms with Crippen LogP contribution in [-0.4, -0.2) is 26.6 Å². The Morgan fingerprint density at radius 2 is 1.88 bits per heavy atom. The molecule has 1 saturated heterocycles. The van der Waals surface area contributed by atoms with E-state index in [-0.39, 0.29) is 11.7 Å². The lowest BCUT2D eigenvalue weighted by atomic mass is 10.1. The zero-order valence-electron chi connectivity index (χ0n) is 14.2. The molecule has 0 radical (unpaired) electrons. The highest BCUT2D eigenvalue weighted by Gasteiger charge is 2.26. The lowest BCUT2D eigenvalue weighted by Gasteiger charge is -2.28. The molecule has 1 heterocycles. The Kier molecular flexibility index (Phi) is 5.08. The van der Waals surface area contributed by atoms with Crippen LogP contribution in [0.3, 0.4) is 0 Å². The number of aryl methyl sites for hydroxylation is 1. The van der Waals surface area contributed by atoms with E-state index in [0.717, 1.165) is 12.0 Å². The number of sulfonamides is 1. The van der Waals surface area contributed by atoms with E-state index < -0.39 is 10.0 Å². The number of anilines is 1. The van der Waals surface area contributed by atoms with Crippen molar-refractivity contribution in [3.8, 4) is 0 Å². The van der Waals surface area contributed by atoms with E-state index in [4.69, 9.17) is 0 Å². The Hall–Kier alpha value is -2.34. The normalized spacial score (nSPS) is 16.4. The third-order valence-corrected chi connectivity index (χ3v) is 6.19. The van der Waals surface area contributed by atoms with Gasteiger partial charge in [0, 0.05) is 18.7 Å². The molecular formula is C19H22N2O3S. The molecule has 0 aliphatic carbocycles. The van der Waals surface area contributed by atoms with Gasteiger partial charge in [0.25, 0.3) is 5.91 Å². The second-order valence-electron chi connectivity index (χ2n) is 6.31. The Balaban J connectivity index is 1.72. The number of benzene rings is 2. The Labute approximate surface area is 148 Å². The first-order chi connectivity index (χ1) is 12.0. The highest BCUT2D eigenvalue weighted by atomic mass is 32.2. The Morgan fingerprint density at radius 3 is 2.60 bits per heavy atom. The van der Waals surface area contributed by atoms with Gasteiger partial charge < -0.3 is 5.32 Å². The van der Waals surface area contributed by atoms with E-state index in [1.807, 2.05) is 31.2 Å². The van der Waals surface area contributed by atoms with Gasteiger partial charge in [-0.05, 0) is 43.5 Å². The highest BCUT2D eigenvalue weighted by Crippen LogP contribution is 2.24. The molecule has 1 amide bonds. The van der Waals surface area contributed by atoms with Crippen LogP contribution in [0.4, 0.5) is 5.69 Å². The summed E-state index contributed by atoms with van der Waals surface area (Å²) < 4.78 is 25.9. The van der Waals surface area contributed by atoms with Crippen molar-refractivity contribution < 1.29 is 13.2 Å². The average molecular weight is 358 g/mol. The molecule has 1 aliphatic heterocycles. The summed E-state index contributed by atoms with van der Waals surface area (Å²) in [5.74, 6) is -0.0477. The first kappa shape index (κ1) is 17.5. The quantitative estimate of drug-likeness (QED) is 0.914. The lowest BCUT2D eigenvalue weighted by Crippen LogP contribution is -2.38. The number of hydrogen-bond donors (Lipinski definition) is 1. The van der Waals surface area contributed by atoms with E-state index in [9.17, 15) is 13.2 Å². The van der Waals surface area contributed by atoms with E-state index in [0.29, 0.717) is 30.8 Å². The molecule has 1 fully saturated rings. The topological polar surface area (TPSA) is 66.5 Å². The fourth-order valence-electron chi connectivity index (χ4n) is 2.87. The molecule has 3 rings (SSSR count). The van der Waals surface area contributed by atoms with E-state index in [1.54, 1.807) is 24.3 Å². The van der Waals surface area contributed by atoms with Crippen molar-refractivity contribution >= 4 is 21.6 Å². The molecular weight excluding hydrogens is 336 g/mol. The van der Waals surface area contributed by atoms with Crippen molar-refractivity contribution in [1.82, 2.24) is 5.32 Å². The molecule has 1 aliphatic rings. The predicted octanol–water partition coefficient (Wildman–Crippen LogP) is 2.86. The maximum atomic E-state index is 12.4. The standard InChI is InChI=1S/C19H22N2O3S/c1-15-7-9-16(10-8-15)14-20-19(22)17-5-4-6-18(13-17)21-11-2-3-12-25(21,23)24/h4-10,13H,2-3,11-12,14H2,1H3,(H,20,22). The van der Waals surface area contributed by atoms with Crippen LogP contribution in [0.15, 0.2) is 48.5 Å². The molecule has 0 aromatic heterocycles. The number of hydrogen-bond acceptors (Lipinski definition) is 3. The van der Waals surface area contributed by atoms with E-state index in [1.165, 1.54) is 9.87 Å². The smallest absolute Gasteiger partial charge is 0.251 e. The molecule has 2 aromatic rings. The number of amides is 1. The number of nitrogens with one attached hydrogen (secondary N) is 1. The first-order valence-electron chi connectivity index (χ1n) is 8.40. The summed E-state index contributed by atoms with van der Waals surface area (Å²) in [7, 11) is -3.28. The highest BCUT2D eigenvalue weighted by molar-refractivity contribution is 7.92. The van der Waals surface area contributed by atoms with Gasteiger partial charge in [-0.2, -0.15) is 0 Å². The largest absolute Gasteiger partial charge is 0.348 e. The van der Waals surface area contributed by atoms with Crippen molar-refractivity contribution in [1.29, 1.82) is 0 Å². The van der Waals surface area contributed by atoms with Crippen LogP contribution in [0.2, 0.25) is 0 Å². The summed E-state index contributed by atoms with van der Waals surface area (Å²) >= 11 is 0. The molecule has 0 saturated carbocycles. The van der Waals surface area contributed by atoms with Crippen molar-refractivity contribution in [2.24, 2.45) is 0 Å². The fraction of sp³-hybridized carbons (Fsp3) is 0.316. The van der Waals surface area contributed by atoms with Gasteiger partial charge >= 0.3 is 0 Å². The summed E-state index contributed by atoms with van der Waals surface area (Å²) in [4.78, 5) is 12.4. The van der Waals surface area contributed by atoms with Gasteiger partial charge in [0.1, 0.15) is 0 Å². The minimum atomic E-state index is -3.28. The molecule has 6 heteroatoms. The predicted molar refractivity (Wildman–Crippen MR) is 99.2 cm³/mol. The van der Waals surface area contributed by atoms with Gasteiger partial charge in [-0.15, -0.1) is 0 Å². The number of carbonyl (C=O) groups excluding carboxylic acids is 1. The van der Waals surface area contributed by atoms with Gasteiger partial charge in [-0.25, -0.2) is 8.42 Å². The zero-order valence-corrected chi connectivity index (χ0v) is 15.1. The lowest BCUT2D eigenvalue weighted by molar-refractivity contribution is 0.0951. The van der Waals surface area contributed by atoms with Crippen molar-refractivity contribution in [2.75, 3.05) is 16.6 Å². The SMILES string of the molecule is Cc1ccc(CNC(=O)c2cccc(N3CCCCS3(=O)=O)c2)cc1. The molecule has 0 bridgehead atoms. The van der Waals surface area contributed by atoms with Crippen LogP contribution in [0.5, 0.6) is 0 Å². The number of nitrogens with zero attached hydrogens (tertiary/aromatic N) is 1. The fourth-order valence-corrected chi connectivity index (χ4v) is 4.50. The molecule has 25 heavy (non-hydrogen) atoms. The van der Waals surface area contributed by atoms with Gasteiger partial charge in [0.15, 0.2) is 0 Å². The number of rotatable bonds is 4. The number of carbonyl (C=O) groups is 1. The van der Waals surface area contributed by atoms with Crippen molar-refractivity contribution in [3.05, 3.63) is 65.2 Å². The summed E-state index contributed by atoms with van der Waals surface area (Å²) in [5.41, 5.74) is 3.22. The summed E-state index contributed by atoms with van der Waals surface area (Å²) in [6, 6.07) is 14.8. The second kappa shape index (κ2) is 7.27. The van der Waals surface area contributed by atoms with Gasteiger partial charge in [-0.1, -0.05) is 35.9 Å². The summed E-state index contributed by atoms with van der Waals surface area (Å²) in [6.07, 6.45) is 1.53. The minimum Gasteiger partial charge on any atom is -0.348 e. The molecule has 1 N–H and O–H groups in total. The van der Waals surface area contributed by atoms with Crippen molar-refractivity contribution in [2.45, 2.75) is 26.3 Å². The molecule has 132 valence electrons. The summed E-state index contributed by atoms with van der Waals surface area (Å²) in [5, 5.41) is 2.88. The van der Waals surface area contributed by atoms with Crippen LogP contribution in [0, 0.1) is 6.92 Å². The molecule has 0 unspecified atom stereocenters. The van der Waals surface area contributed by atoms with Crippen LogP contribution < -0.4 is 9.62 Å². The third kappa shape index (κ3) is 4.20. The molecule has 2 aromatic carbocycles. The average Bonchev–Trinajstić information content (AvgIpc) is 2.61. The molecule has 5 nitrogen and oxygen atoms in total. The van der Waals surface area contributed by atoms with E-state index >= 15 is 0 Å². The Bertz CT molecular complexity index is 860. The maximum absolute atomic E-state index is 12.4. The van der Waals surface area contributed by atoms with Gasteiger partial charge in [0.05, 0.1) is 11.4 Å². The van der Waals surface area contributed by atoms with Crippen LogP contribution in [0.1, 0.15) is 34.3 Å².